The summed E-state index contributed by atoms with van der Waals surface area (Å²) < 4.78 is 77.4. The number of aryl methyl sites for hydroxylation is 1. The van der Waals surface area contributed by atoms with Crippen LogP contribution in [0.1, 0.15) is 11.3 Å². The molecule has 0 aliphatic heterocycles. The van der Waals surface area contributed by atoms with Gasteiger partial charge in [-0.2, -0.15) is 18.9 Å². The minimum absolute atomic E-state index is 0.0435. The predicted octanol–water partition coefficient (Wildman–Crippen LogP) is 5.46. The SMILES string of the molecule is Cc1cc(-c2nc(-c3ccc(OC(F)(F)F)cc3)no2)nn1Cc1ccccc1OC(F)F. The van der Waals surface area contributed by atoms with Crippen molar-refractivity contribution in [2.45, 2.75) is 26.4 Å². The summed E-state index contributed by atoms with van der Waals surface area (Å²) >= 11 is 0. The van der Waals surface area contributed by atoms with Gasteiger partial charge in [0.15, 0.2) is 5.69 Å². The Morgan fingerprint density at radius 3 is 2.48 bits per heavy atom. The zero-order chi connectivity index (χ0) is 23.6. The third kappa shape index (κ3) is 5.45. The summed E-state index contributed by atoms with van der Waals surface area (Å²) in [6.07, 6.45) is -4.79. The van der Waals surface area contributed by atoms with E-state index in [1.807, 2.05) is 0 Å². The van der Waals surface area contributed by atoms with Gasteiger partial charge in [-0.15, -0.1) is 13.2 Å². The van der Waals surface area contributed by atoms with Gasteiger partial charge < -0.3 is 14.0 Å². The molecule has 0 saturated carbocycles. The predicted molar refractivity (Wildman–Crippen MR) is 105 cm³/mol. The molecular weight excluding hydrogens is 451 g/mol. The molecule has 0 aliphatic carbocycles. The van der Waals surface area contributed by atoms with Gasteiger partial charge in [0.2, 0.25) is 5.82 Å². The number of alkyl halides is 5. The van der Waals surface area contributed by atoms with E-state index in [0.717, 1.165) is 12.1 Å². The Labute approximate surface area is 183 Å². The largest absolute Gasteiger partial charge is 0.573 e. The minimum atomic E-state index is -4.79. The van der Waals surface area contributed by atoms with E-state index in [9.17, 15) is 22.0 Å². The van der Waals surface area contributed by atoms with Crippen LogP contribution >= 0.6 is 0 Å². The molecule has 2 aromatic heterocycles. The van der Waals surface area contributed by atoms with Crippen LogP contribution in [0.25, 0.3) is 23.0 Å². The van der Waals surface area contributed by atoms with Crippen LogP contribution in [-0.2, 0) is 6.54 Å². The van der Waals surface area contributed by atoms with Crippen LogP contribution in [-0.4, -0.2) is 32.9 Å². The number of hydrogen-bond acceptors (Lipinski definition) is 6. The molecule has 0 fully saturated rings. The zero-order valence-corrected chi connectivity index (χ0v) is 16.9. The van der Waals surface area contributed by atoms with Gasteiger partial charge in [-0.3, -0.25) is 4.68 Å². The molecule has 12 heteroatoms. The normalized spacial score (nSPS) is 11.7. The topological polar surface area (TPSA) is 75.2 Å². The van der Waals surface area contributed by atoms with Crippen molar-refractivity contribution in [1.82, 2.24) is 19.9 Å². The average Bonchev–Trinajstić information content (AvgIpc) is 3.36. The fourth-order valence-corrected chi connectivity index (χ4v) is 3.03. The van der Waals surface area contributed by atoms with Crippen molar-refractivity contribution in [3.05, 3.63) is 65.9 Å². The number of aromatic nitrogens is 4. The highest BCUT2D eigenvalue weighted by Crippen LogP contribution is 2.27. The summed E-state index contributed by atoms with van der Waals surface area (Å²) in [5, 5.41) is 8.22. The summed E-state index contributed by atoms with van der Waals surface area (Å²) in [6.45, 7) is -1.02. The van der Waals surface area contributed by atoms with Crippen LogP contribution in [0.15, 0.2) is 59.1 Å². The van der Waals surface area contributed by atoms with Crippen molar-refractivity contribution < 1.29 is 35.9 Å². The maximum absolute atomic E-state index is 12.7. The Morgan fingerprint density at radius 2 is 1.79 bits per heavy atom. The molecule has 0 atom stereocenters. The fourth-order valence-electron chi connectivity index (χ4n) is 3.03. The average molecular weight is 466 g/mol. The molecule has 0 bridgehead atoms. The van der Waals surface area contributed by atoms with Crippen LogP contribution in [0, 0.1) is 6.92 Å². The van der Waals surface area contributed by atoms with Crippen molar-refractivity contribution in [2.24, 2.45) is 0 Å². The van der Waals surface area contributed by atoms with Gasteiger partial charge in [0.1, 0.15) is 11.5 Å². The maximum atomic E-state index is 12.7. The molecule has 0 saturated heterocycles. The monoisotopic (exact) mass is 466 g/mol. The molecule has 4 rings (SSSR count). The Morgan fingerprint density at radius 1 is 1.06 bits per heavy atom. The lowest BCUT2D eigenvalue weighted by molar-refractivity contribution is -0.274. The van der Waals surface area contributed by atoms with E-state index in [1.165, 1.54) is 18.2 Å². The lowest BCUT2D eigenvalue weighted by Gasteiger charge is -2.11. The third-order valence-electron chi connectivity index (χ3n) is 4.48. The molecule has 0 amide bonds. The number of benzene rings is 2. The molecule has 2 heterocycles. The Balaban J connectivity index is 1.53. The van der Waals surface area contributed by atoms with Crippen LogP contribution in [0.5, 0.6) is 11.5 Å². The van der Waals surface area contributed by atoms with Gasteiger partial charge in [0.05, 0.1) is 6.54 Å². The molecule has 0 radical (unpaired) electrons. The van der Waals surface area contributed by atoms with E-state index in [0.29, 0.717) is 22.5 Å². The first kappa shape index (κ1) is 22.2. The van der Waals surface area contributed by atoms with Gasteiger partial charge in [0.25, 0.3) is 5.89 Å². The van der Waals surface area contributed by atoms with Gasteiger partial charge in [-0.1, -0.05) is 23.4 Å². The van der Waals surface area contributed by atoms with Gasteiger partial charge in [-0.25, -0.2) is 0 Å². The molecule has 0 unspecified atom stereocenters. The summed E-state index contributed by atoms with van der Waals surface area (Å²) in [6, 6.07) is 13.0. The van der Waals surface area contributed by atoms with Gasteiger partial charge >= 0.3 is 13.0 Å². The number of para-hydroxylation sites is 1. The van der Waals surface area contributed by atoms with Crippen molar-refractivity contribution >= 4 is 0 Å². The summed E-state index contributed by atoms with van der Waals surface area (Å²) in [4.78, 5) is 4.23. The molecule has 7 nitrogen and oxygen atoms in total. The first-order valence-corrected chi connectivity index (χ1v) is 9.45. The van der Waals surface area contributed by atoms with E-state index in [1.54, 1.807) is 35.9 Å². The molecule has 0 spiro atoms. The van der Waals surface area contributed by atoms with E-state index in [2.05, 4.69) is 24.7 Å². The lowest BCUT2D eigenvalue weighted by Crippen LogP contribution is -2.16. The van der Waals surface area contributed by atoms with E-state index < -0.39 is 13.0 Å². The second-order valence-corrected chi connectivity index (χ2v) is 6.81. The van der Waals surface area contributed by atoms with Gasteiger partial charge in [0, 0.05) is 16.8 Å². The highest BCUT2D eigenvalue weighted by molar-refractivity contribution is 5.59. The summed E-state index contributed by atoms with van der Waals surface area (Å²) in [5.41, 5.74) is 1.96. The standard InChI is InChI=1S/C21H15F5N4O3/c1-12-10-16(28-30(12)11-14-4-2-3-5-17(14)31-20(22)23)19-27-18(29-33-19)13-6-8-15(9-7-13)32-21(24,25)26/h2-10,20H,11H2,1H3. The first-order valence-electron chi connectivity index (χ1n) is 9.45. The second-order valence-electron chi connectivity index (χ2n) is 6.81. The number of ether oxygens (including phenoxy) is 2. The fraction of sp³-hybridized carbons (Fsp3) is 0.190. The highest BCUT2D eigenvalue weighted by atomic mass is 19.4. The Hall–Kier alpha value is -3.96. The van der Waals surface area contributed by atoms with Crippen molar-refractivity contribution in [2.75, 3.05) is 0 Å². The summed E-state index contributed by atoms with van der Waals surface area (Å²) in [7, 11) is 0. The quantitative estimate of drug-likeness (QED) is 0.337. The van der Waals surface area contributed by atoms with E-state index in [4.69, 9.17) is 4.52 Å². The highest BCUT2D eigenvalue weighted by Gasteiger charge is 2.31. The molecule has 0 aliphatic rings. The number of halogens is 5. The molecule has 2 aromatic carbocycles. The van der Waals surface area contributed by atoms with Crippen LogP contribution in [0.4, 0.5) is 22.0 Å². The maximum Gasteiger partial charge on any atom is 0.573 e. The van der Waals surface area contributed by atoms with Gasteiger partial charge in [-0.05, 0) is 43.3 Å². The van der Waals surface area contributed by atoms with Crippen molar-refractivity contribution in [3.8, 4) is 34.5 Å². The molecule has 172 valence electrons. The molecule has 33 heavy (non-hydrogen) atoms. The Kier molecular flexibility index (Phi) is 5.99. The van der Waals surface area contributed by atoms with Crippen LogP contribution < -0.4 is 9.47 Å². The smallest absolute Gasteiger partial charge is 0.434 e. The first-order chi connectivity index (χ1) is 15.7. The second kappa shape index (κ2) is 8.88. The van der Waals surface area contributed by atoms with Crippen molar-refractivity contribution in [3.63, 3.8) is 0 Å². The number of rotatable bonds is 7. The van der Waals surface area contributed by atoms with Crippen molar-refractivity contribution in [1.29, 1.82) is 0 Å². The molecule has 0 N–H and O–H groups in total. The minimum Gasteiger partial charge on any atom is -0.434 e. The number of nitrogens with zero attached hydrogens (tertiary/aromatic N) is 4. The Bertz CT molecular complexity index is 1240. The van der Waals surface area contributed by atoms with Crippen LogP contribution in [0.3, 0.4) is 0 Å². The van der Waals surface area contributed by atoms with Crippen LogP contribution in [0.2, 0.25) is 0 Å². The third-order valence-corrected chi connectivity index (χ3v) is 4.48. The number of hydrogen-bond donors (Lipinski definition) is 0. The molecule has 4 aromatic rings. The van der Waals surface area contributed by atoms with E-state index in [-0.39, 0.29) is 29.8 Å². The lowest BCUT2D eigenvalue weighted by atomic mass is 10.2. The molecular formula is C21H15F5N4O3. The van der Waals surface area contributed by atoms with E-state index >= 15 is 0 Å². The zero-order valence-electron chi connectivity index (χ0n) is 16.9. The summed E-state index contributed by atoms with van der Waals surface area (Å²) in [5.74, 6) is -0.103.